The maximum absolute atomic E-state index is 12.4. The molecule has 4 rings (SSSR count). The molecule has 0 spiro atoms. The molecule has 2 aliphatic heterocycles. The van der Waals surface area contributed by atoms with E-state index in [9.17, 15) is 22.8 Å². The lowest BCUT2D eigenvalue weighted by molar-refractivity contribution is -0.173. The van der Waals surface area contributed by atoms with Crippen LogP contribution in [0.25, 0.3) is 10.8 Å². The third kappa shape index (κ3) is 3.65. The molecule has 0 fully saturated rings. The molecule has 29 heavy (non-hydrogen) atoms. The van der Waals surface area contributed by atoms with Crippen molar-refractivity contribution in [2.45, 2.75) is 18.3 Å². The van der Waals surface area contributed by atoms with Crippen LogP contribution in [0.1, 0.15) is 11.5 Å². The number of hydrazone groups is 1. The highest BCUT2D eigenvalue weighted by atomic mass is 35.5. The predicted octanol–water partition coefficient (Wildman–Crippen LogP) is 2.81. The fraction of sp³-hybridized carbons (Fsp3) is 0.211. The molecule has 0 aliphatic carbocycles. The maximum atomic E-state index is 12.4. The van der Waals surface area contributed by atoms with Crippen LogP contribution in [0, 0.1) is 0 Å². The van der Waals surface area contributed by atoms with Crippen LogP contribution in [0.5, 0.6) is 0 Å². The summed E-state index contributed by atoms with van der Waals surface area (Å²) in [5.41, 5.74) is 0.937. The van der Waals surface area contributed by atoms with Gasteiger partial charge in [0.1, 0.15) is 11.3 Å². The summed E-state index contributed by atoms with van der Waals surface area (Å²) in [6.07, 6.45) is -4.62. The van der Waals surface area contributed by atoms with Gasteiger partial charge in [-0.3, -0.25) is 9.59 Å². The number of carbonyl (C=O) groups excluding carboxylic acids is 2. The van der Waals surface area contributed by atoms with Gasteiger partial charge < -0.3 is 10.6 Å². The van der Waals surface area contributed by atoms with Crippen molar-refractivity contribution in [3.63, 3.8) is 0 Å². The highest BCUT2D eigenvalue weighted by Crippen LogP contribution is 2.35. The van der Waals surface area contributed by atoms with Crippen LogP contribution >= 0.6 is 11.6 Å². The third-order valence-electron chi connectivity index (χ3n) is 4.73. The number of halogens is 4. The monoisotopic (exact) mass is 422 g/mol. The molecule has 150 valence electrons. The lowest BCUT2D eigenvalue weighted by Gasteiger charge is -2.32. The molecule has 2 aromatic rings. The van der Waals surface area contributed by atoms with Gasteiger partial charge in [-0.25, -0.2) is 5.01 Å². The zero-order chi connectivity index (χ0) is 20.8. The van der Waals surface area contributed by atoms with Gasteiger partial charge in [0, 0.05) is 11.8 Å². The molecule has 2 unspecified atom stereocenters. The van der Waals surface area contributed by atoms with E-state index < -0.39 is 36.6 Å². The van der Waals surface area contributed by atoms with Gasteiger partial charge in [0.05, 0.1) is 12.5 Å². The lowest BCUT2D eigenvalue weighted by Crippen LogP contribution is -2.51. The number of nitrogens with zero attached hydrogens (tertiary/aromatic N) is 2. The van der Waals surface area contributed by atoms with Gasteiger partial charge >= 0.3 is 12.1 Å². The van der Waals surface area contributed by atoms with Crippen molar-refractivity contribution in [2.24, 2.45) is 5.10 Å². The molecule has 2 aromatic carbocycles. The summed E-state index contributed by atoms with van der Waals surface area (Å²) in [6.45, 7) is -0.476. The Labute approximate surface area is 168 Å². The Hall–Kier alpha value is -3.07. The van der Waals surface area contributed by atoms with Crippen LogP contribution < -0.4 is 10.6 Å². The molecule has 10 heteroatoms. The lowest BCUT2D eigenvalue weighted by atomic mass is 9.94. The van der Waals surface area contributed by atoms with Crippen LogP contribution in [-0.2, 0) is 9.59 Å². The standard InChI is InChI=1S/C19H14ClF3N4O2/c20-16-15(12-6-5-10-3-1-2-4-11(10)7-12)17-25-13(8-14(28)27(17)26-16)9-24-18(29)19(21,22)23/h1-8,15,17,25H,9H2,(H,24,29). The van der Waals surface area contributed by atoms with Crippen LogP contribution in [0.4, 0.5) is 13.2 Å². The van der Waals surface area contributed by atoms with Crippen molar-refractivity contribution in [3.05, 3.63) is 59.8 Å². The second kappa shape index (κ2) is 7.07. The quantitative estimate of drug-likeness (QED) is 0.799. The Morgan fingerprint density at radius 3 is 2.66 bits per heavy atom. The van der Waals surface area contributed by atoms with Crippen LogP contribution in [0.15, 0.2) is 59.3 Å². The number of hydrogen-bond acceptors (Lipinski definition) is 4. The molecule has 0 radical (unpaired) electrons. The molecular weight excluding hydrogens is 409 g/mol. The zero-order valence-corrected chi connectivity index (χ0v) is 15.5. The summed E-state index contributed by atoms with van der Waals surface area (Å²) in [6, 6.07) is 13.4. The van der Waals surface area contributed by atoms with E-state index in [-0.39, 0.29) is 10.9 Å². The molecular formula is C19H14ClF3N4O2. The van der Waals surface area contributed by atoms with Crippen molar-refractivity contribution in [3.8, 4) is 0 Å². The van der Waals surface area contributed by atoms with E-state index in [0.717, 1.165) is 27.4 Å². The first-order chi connectivity index (χ1) is 13.7. The first-order valence-corrected chi connectivity index (χ1v) is 9.00. The first-order valence-electron chi connectivity index (χ1n) is 8.62. The molecule has 2 N–H and O–H groups in total. The summed E-state index contributed by atoms with van der Waals surface area (Å²) < 4.78 is 37.2. The smallest absolute Gasteiger partial charge is 0.365 e. The number of fused-ring (bicyclic) bond motifs is 2. The van der Waals surface area contributed by atoms with Crippen molar-refractivity contribution in [2.75, 3.05) is 6.54 Å². The van der Waals surface area contributed by atoms with E-state index in [2.05, 4.69) is 10.4 Å². The molecule has 2 heterocycles. The molecule has 0 saturated heterocycles. The van der Waals surface area contributed by atoms with Crippen LogP contribution in [0.3, 0.4) is 0 Å². The van der Waals surface area contributed by atoms with E-state index >= 15 is 0 Å². The number of alkyl halides is 3. The molecule has 2 atom stereocenters. The van der Waals surface area contributed by atoms with Gasteiger partial charge in [-0.1, -0.05) is 54.1 Å². The Kier molecular flexibility index (Phi) is 4.70. The summed E-state index contributed by atoms with van der Waals surface area (Å²) in [4.78, 5) is 23.4. The molecule has 2 aliphatic rings. The predicted molar refractivity (Wildman–Crippen MR) is 101 cm³/mol. The Morgan fingerprint density at radius 2 is 1.93 bits per heavy atom. The van der Waals surface area contributed by atoms with Gasteiger partial charge in [0.2, 0.25) is 0 Å². The normalized spacial score (nSPS) is 21.4. The number of rotatable bonds is 3. The minimum Gasteiger partial charge on any atom is -0.365 e. The van der Waals surface area contributed by atoms with Crippen molar-refractivity contribution in [1.82, 2.24) is 15.6 Å². The fourth-order valence-corrected chi connectivity index (χ4v) is 3.70. The minimum absolute atomic E-state index is 0.140. The average Bonchev–Trinajstić information content (AvgIpc) is 3.01. The number of hydrogen-bond donors (Lipinski definition) is 2. The largest absolute Gasteiger partial charge is 0.471 e. The second-order valence-electron chi connectivity index (χ2n) is 6.63. The maximum Gasteiger partial charge on any atom is 0.471 e. The topological polar surface area (TPSA) is 73.8 Å². The Morgan fingerprint density at radius 1 is 1.21 bits per heavy atom. The van der Waals surface area contributed by atoms with Gasteiger partial charge in [-0.15, -0.1) is 0 Å². The number of benzene rings is 2. The van der Waals surface area contributed by atoms with E-state index in [1.807, 2.05) is 42.5 Å². The first kappa shape index (κ1) is 19.3. The third-order valence-corrected chi connectivity index (χ3v) is 5.04. The van der Waals surface area contributed by atoms with E-state index in [1.54, 1.807) is 5.32 Å². The molecule has 0 aromatic heterocycles. The van der Waals surface area contributed by atoms with Gasteiger partial charge in [-0.2, -0.15) is 18.3 Å². The highest BCUT2D eigenvalue weighted by molar-refractivity contribution is 6.67. The molecule has 6 nitrogen and oxygen atoms in total. The van der Waals surface area contributed by atoms with E-state index in [0.29, 0.717) is 0 Å². The van der Waals surface area contributed by atoms with Gasteiger partial charge in [0.15, 0.2) is 0 Å². The van der Waals surface area contributed by atoms with Gasteiger partial charge in [-0.05, 0) is 16.3 Å². The molecule has 0 saturated carbocycles. The van der Waals surface area contributed by atoms with Crippen molar-refractivity contribution < 1.29 is 22.8 Å². The van der Waals surface area contributed by atoms with Crippen LogP contribution in [0.2, 0.25) is 0 Å². The Bertz CT molecular complexity index is 1070. The summed E-state index contributed by atoms with van der Waals surface area (Å²) in [5.74, 6) is -3.12. The average molecular weight is 423 g/mol. The second-order valence-corrected chi connectivity index (χ2v) is 7.02. The van der Waals surface area contributed by atoms with E-state index in [1.165, 1.54) is 0 Å². The Balaban J connectivity index is 1.58. The summed E-state index contributed by atoms with van der Waals surface area (Å²) >= 11 is 6.31. The summed E-state index contributed by atoms with van der Waals surface area (Å²) in [7, 11) is 0. The molecule has 0 bridgehead atoms. The van der Waals surface area contributed by atoms with Crippen molar-refractivity contribution >= 4 is 39.4 Å². The number of carbonyl (C=O) groups is 2. The number of nitrogens with one attached hydrogen (secondary N) is 2. The SMILES string of the molecule is O=C1C=C(CNC(=O)C(F)(F)F)NC2C(c3ccc4ccccc4c3)C(Cl)=NN12. The highest BCUT2D eigenvalue weighted by Gasteiger charge is 2.43. The molecule has 2 amide bonds. The van der Waals surface area contributed by atoms with Crippen LogP contribution in [-0.4, -0.2) is 40.9 Å². The van der Waals surface area contributed by atoms with Gasteiger partial charge in [0.25, 0.3) is 5.91 Å². The van der Waals surface area contributed by atoms with Crippen molar-refractivity contribution in [1.29, 1.82) is 0 Å². The van der Waals surface area contributed by atoms with E-state index in [4.69, 9.17) is 11.6 Å². The number of amides is 2. The fourth-order valence-electron chi connectivity index (χ4n) is 3.38. The summed E-state index contributed by atoms with van der Waals surface area (Å²) in [5, 5.41) is 12.1. The zero-order valence-electron chi connectivity index (χ0n) is 14.7. The minimum atomic E-state index is -5.00.